The average molecular weight is 269 g/mol. The van der Waals surface area contributed by atoms with E-state index >= 15 is 0 Å². The van der Waals surface area contributed by atoms with Gasteiger partial charge < -0.3 is 4.74 Å². The van der Waals surface area contributed by atoms with E-state index in [1.807, 2.05) is 0 Å². The molecule has 0 heterocycles. The molecule has 1 rings (SSSR count). The van der Waals surface area contributed by atoms with Crippen LogP contribution in [-0.2, 0) is 14.8 Å². The molecule has 0 bridgehead atoms. The summed E-state index contributed by atoms with van der Waals surface area (Å²) in [6.45, 7) is 1.79. The largest absolute Gasteiger partial charge is 0.495 e. The minimum absolute atomic E-state index is 0.237. The molecule has 1 aromatic rings. The van der Waals surface area contributed by atoms with Crippen molar-refractivity contribution in [2.24, 2.45) is 0 Å². The molecule has 0 radical (unpaired) electrons. The second-order valence-electron chi connectivity index (χ2n) is 3.11. The third-order valence-corrected chi connectivity index (χ3v) is 3.12. The first kappa shape index (κ1) is 12.6. The zero-order valence-electron chi connectivity index (χ0n) is 8.25. The van der Waals surface area contributed by atoms with Gasteiger partial charge in [-0.2, -0.15) is 0 Å². The maximum Gasteiger partial charge on any atom is 0.236 e. The standard InChI is InChI=1S/C9H10Cl2O3S/c1-6-3-7(5-15(11,12)13)4-8(10)9(6)14-2/h3-4H,5H2,1-2H3. The molecule has 0 aromatic heterocycles. The van der Waals surface area contributed by atoms with E-state index in [2.05, 4.69) is 0 Å². The van der Waals surface area contributed by atoms with Crippen LogP contribution in [0.25, 0.3) is 0 Å². The van der Waals surface area contributed by atoms with E-state index < -0.39 is 9.05 Å². The van der Waals surface area contributed by atoms with Gasteiger partial charge in [0, 0.05) is 10.7 Å². The van der Waals surface area contributed by atoms with Gasteiger partial charge in [0.1, 0.15) is 5.75 Å². The minimum Gasteiger partial charge on any atom is -0.495 e. The fourth-order valence-electron chi connectivity index (χ4n) is 1.34. The normalized spacial score (nSPS) is 11.5. The van der Waals surface area contributed by atoms with Crippen LogP contribution in [0.15, 0.2) is 12.1 Å². The lowest BCUT2D eigenvalue weighted by Crippen LogP contribution is -1.97. The Bertz CT molecular complexity index is 445. The van der Waals surface area contributed by atoms with Crippen molar-refractivity contribution in [2.45, 2.75) is 12.7 Å². The van der Waals surface area contributed by atoms with E-state index in [4.69, 9.17) is 27.0 Å². The van der Waals surface area contributed by atoms with Crippen LogP contribution in [0, 0.1) is 6.92 Å². The zero-order chi connectivity index (χ0) is 11.6. The van der Waals surface area contributed by atoms with Crippen molar-refractivity contribution in [1.29, 1.82) is 0 Å². The van der Waals surface area contributed by atoms with Crippen LogP contribution < -0.4 is 4.74 Å². The highest BCUT2D eigenvalue weighted by molar-refractivity contribution is 8.13. The minimum atomic E-state index is -3.56. The number of aryl methyl sites for hydroxylation is 1. The molecule has 0 aliphatic heterocycles. The second kappa shape index (κ2) is 4.60. The molecule has 0 fully saturated rings. The number of hydrogen-bond acceptors (Lipinski definition) is 3. The molecule has 15 heavy (non-hydrogen) atoms. The molecule has 3 nitrogen and oxygen atoms in total. The van der Waals surface area contributed by atoms with E-state index in [0.717, 1.165) is 5.56 Å². The maximum absolute atomic E-state index is 10.9. The Morgan fingerprint density at radius 2 is 2.00 bits per heavy atom. The topological polar surface area (TPSA) is 43.4 Å². The fourth-order valence-corrected chi connectivity index (χ4v) is 2.65. The van der Waals surface area contributed by atoms with Gasteiger partial charge in [-0.1, -0.05) is 17.7 Å². The highest BCUT2D eigenvalue weighted by atomic mass is 35.7. The summed E-state index contributed by atoms with van der Waals surface area (Å²) in [5.41, 5.74) is 1.33. The molecule has 0 unspecified atom stereocenters. The monoisotopic (exact) mass is 268 g/mol. The molecule has 0 amide bonds. The highest BCUT2D eigenvalue weighted by Gasteiger charge is 2.11. The lowest BCUT2D eigenvalue weighted by Gasteiger charge is -2.08. The second-order valence-corrected chi connectivity index (χ2v) is 6.30. The van der Waals surface area contributed by atoms with Gasteiger partial charge >= 0.3 is 0 Å². The van der Waals surface area contributed by atoms with Crippen molar-refractivity contribution in [3.05, 3.63) is 28.3 Å². The van der Waals surface area contributed by atoms with Crippen molar-refractivity contribution in [2.75, 3.05) is 7.11 Å². The number of rotatable bonds is 3. The van der Waals surface area contributed by atoms with Gasteiger partial charge in [0.05, 0.1) is 17.9 Å². The summed E-state index contributed by atoms with van der Waals surface area (Å²) < 4.78 is 26.8. The van der Waals surface area contributed by atoms with Crippen molar-refractivity contribution < 1.29 is 13.2 Å². The number of methoxy groups -OCH3 is 1. The Morgan fingerprint density at radius 3 is 2.40 bits per heavy atom. The van der Waals surface area contributed by atoms with Crippen molar-refractivity contribution in [3.8, 4) is 5.75 Å². The van der Waals surface area contributed by atoms with E-state index in [0.29, 0.717) is 16.3 Å². The summed E-state index contributed by atoms with van der Waals surface area (Å²) in [5.74, 6) is 0.312. The quantitative estimate of drug-likeness (QED) is 0.792. The molecular weight excluding hydrogens is 259 g/mol. The summed E-state index contributed by atoms with van der Waals surface area (Å²) in [5, 5.41) is 0.382. The Hall–Kier alpha value is -0.450. The van der Waals surface area contributed by atoms with E-state index in [1.165, 1.54) is 13.2 Å². The SMILES string of the molecule is COc1c(C)cc(CS(=O)(=O)Cl)cc1Cl. The molecule has 0 saturated carbocycles. The molecule has 0 aliphatic carbocycles. The summed E-state index contributed by atoms with van der Waals surface area (Å²) in [6.07, 6.45) is 0. The van der Waals surface area contributed by atoms with Gasteiger partial charge in [-0.25, -0.2) is 8.42 Å². The molecule has 84 valence electrons. The fraction of sp³-hybridized carbons (Fsp3) is 0.333. The van der Waals surface area contributed by atoms with Gasteiger partial charge in [0.15, 0.2) is 0 Å². The van der Waals surface area contributed by atoms with Crippen molar-refractivity contribution in [1.82, 2.24) is 0 Å². The smallest absolute Gasteiger partial charge is 0.236 e. The molecule has 0 aliphatic rings. The predicted molar refractivity (Wildman–Crippen MR) is 61.2 cm³/mol. The highest BCUT2D eigenvalue weighted by Crippen LogP contribution is 2.30. The third-order valence-electron chi connectivity index (χ3n) is 1.83. The molecule has 0 N–H and O–H groups in total. The lowest BCUT2D eigenvalue weighted by atomic mass is 10.1. The maximum atomic E-state index is 10.9. The Balaban J connectivity index is 3.15. The van der Waals surface area contributed by atoms with Gasteiger partial charge in [0.2, 0.25) is 9.05 Å². The van der Waals surface area contributed by atoms with Crippen LogP contribution in [0.3, 0.4) is 0 Å². The Morgan fingerprint density at radius 1 is 1.40 bits per heavy atom. The number of hydrogen-bond donors (Lipinski definition) is 0. The van der Waals surface area contributed by atoms with Crippen molar-refractivity contribution >= 4 is 31.3 Å². The van der Waals surface area contributed by atoms with Crippen LogP contribution in [-0.4, -0.2) is 15.5 Å². The van der Waals surface area contributed by atoms with E-state index in [-0.39, 0.29) is 5.75 Å². The van der Waals surface area contributed by atoms with Gasteiger partial charge in [-0.15, -0.1) is 0 Å². The first-order valence-corrected chi connectivity index (χ1v) is 6.94. The van der Waals surface area contributed by atoms with Crippen molar-refractivity contribution in [3.63, 3.8) is 0 Å². The predicted octanol–water partition coefficient (Wildman–Crippen LogP) is 2.73. The summed E-state index contributed by atoms with van der Waals surface area (Å²) >= 11 is 5.90. The van der Waals surface area contributed by atoms with Gasteiger partial charge in [0.25, 0.3) is 0 Å². The van der Waals surface area contributed by atoms with Gasteiger partial charge in [-0.05, 0) is 24.1 Å². The zero-order valence-corrected chi connectivity index (χ0v) is 10.6. The van der Waals surface area contributed by atoms with Crippen LogP contribution >= 0.6 is 22.3 Å². The molecule has 0 saturated heterocycles. The van der Waals surface area contributed by atoms with Gasteiger partial charge in [-0.3, -0.25) is 0 Å². The summed E-state index contributed by atoms with van der Waals surface area (Å²) in [7, 11) is 3.09. The number of ether oxygens (including phenoxy) is 1. The Labute approximate surface area is 98.4 Å². The first-order valence-electron chi connectivity index (χ1n) is 4.09. The van der Waals surface area contributed by atoms with Crippen LogP contribution in [0.4, 0.5) is 0 Å². The van der Waals surface area contributed by atoms with E-state index in [9.17, 15) is 8.42 Å². The lowest BCUT2D eigenvalue weighted by molar-refractivity contribution is 0.412. The van der Waals surface area contributed by atoms with Crippen LogP contribution in [0.5, 0.6) is 5.75 Å². The first-order chi connectivity index (χ1) is 6.83. The number of halogens is 2. The van der Waals surface area contributed by atoms with Crippen LogP contribution in [0.2, 0.25) is 5.02 Å². The summed E-state index contributed by atoms with van der Waals surface area (Å²) in [6, 6.07) is 3.22. The number of benzene rings is 1. The Kier molecular flexibility index (Phi) is 3.87. The third kappa shape index (κ3) is 3.55. The molecular formula is C9H10Cl2O3S. The molecule has 0 spiro atoms. The molecule has 0 atom stereocenters. The summed E-state index contributed by atoms with van der Waals surface area (Å²) in [4.78, 5) is 0. The van der Waals surface area contributed by atoms with E-state index in [1.54, 1.807) is 13.0 Å². The average Bonchev–Trinajstić information content (AvgIpc) is 1.99. The molecule has 6 heteroatoms. The van der Waals surface area contributed by atoms with Crippen LogP contribution in [0.1, 0.15) is 11.1 Å². The molecule has 1 aromatic carbocycles.